The number of hydrogen-bond acceptors (Lipinski definition) is 4. The third-order valence-corrected chi connectivity index (χ3v) is 4.27. The smallest absolute Gasteiger partial charge is 0.255 e. The van der Waals surface area contributed by atoms with Gasteiger partial charge in [0.1, 0.15) is 0 Å². The summed E-state index contributed by atoms with van der Waals surface area (Å²) in [5.41, 5.74) is 2.99. The number of rotatable bonds is 7. The molecule has 1 amide bonds. The molecule has 0 aliphatic rings. The Labute approximate surface area is 143 Å². The number of carbonyl (C=O) groups excluding carboxylic acids is 1. The number of sulfone groups is 1. The van der Waals surface area contributed by atoms with Crippen molar-refractivity contribution < 1.29 is 13.2 Å². The molecular formula is C18H22N2O3S. The number of hydrogen-bond donors (Lipinski definition) is 2. The molecule has 24 heavy (non-hydrogen) atoms. The van der Waals surface area contributed by atoms with Gasteiger partial charge in [0.25, 0.3) is 5.91 Å². The molecule has 0 unspecified atom stereocenters. The van der Waals surface area contributed by atoms with Gasteiger partial charge in [-0.3, -0.25) is 4.79 Å². The van der Waals surface area contributed by atoms with Crippen LogP contribution in [0.15, 0.2) is 48.5 Å². The first-order chi connectivity index (χ1) is 11.4. The van der Waals surface area contributed by atoms with E-state index in [9.17, 15) is 13.2 Å². The van der Waals surface area contributed by atoms with E-state index in [0.717, 1.165) is 24.3 Å². The Morgan fingerprint density at radius 1 is 1.04 bits per heavy atom. The summed E-state index contributed by atoms with van der Waals surface area (Å²) in [6.07, 6.45) is 1.19. The molecule has 0 atom stereocenters. The van der Waals surface area contributed by atoms with Crippen LogP contribution in [0.4, 0.5) is 5.69 Å². The fraction of sp³-hybridized carbons (Fsp3) is 0.278. The molecule has 0 aliphatic heterocycles. The standard InChI is InChI=1S/C18H22N2O3S/c1-3-19-12-15-5-4-6-17(11-15)20-18(21)16-9-7-14(8-10-16)13-24(2,22)23/h4-11,19H,3,12-13H2,1-2H3,(H,20,21). The second-order valence-corrected chi connectivity index (χ2v) is 7.84. The topological polar surface area (TPSA) is 75.3 Å². The van der Waals surface area contributed by atoms with Crippen LogP contribution in [-0.2, 0) is 22.1 Å². The van der Waals surface area contributed by atoms with Gasteiger partial charge in [0.05, 0.1) is 5.75 Å². The van der Waals surface area contributed by atoms with Gasteiger partial charge >= 0.3 is 0 Å². The van der Waals surface area contributed by atoms with Crippen molar-refractivity contribution in [3.8, 4) is 0 Å². The molecule has 0 radical (unpaired) electrons. The van der Waals surface area contributed by atoms with Crippen LogP contribution >= 0.6 is 0 Å². The summed E-state index contributed by atoms with van der Waals surface area (Å²) >= 11 is 0. The number of nitrogens with one attached hydrogen (secondary N) is 2. The summed E-state index contributed by atoms with van der Waals surface area (Å²) in [6.45, 7) is 3.68. The van der Waals surface area contributed by atoms with Crippen LogP contribution in [0.3, 0.4) is 0 Å². The Morgan fingerprint density at radius 3 is 2.38 bits per heavy atom. The molecule has 0 bridgehead atoms. The lowest BCUT2D eigenvalue weighted by molar-refractivity contribution is 0.102. The van der Waals surface area contributed by atoms with E-state index >= 15 is 0 Å². The molecule has 0 spiro atoms. The van der Waals surface area contributed by atoms with E-state index < -0.39 is 9.84 Å². The van der Waals surface area contributed by atoms with Crippen LogP contribution in [0.25, 0.3) is 0 Å². The van der Waals surface area contributed by atoms with Gasteiger partial charge in [-0.05, 0) is 41.9 Å². The zero-order valence-electron chi connectivity index (χ0n) is 13.9. The van der Waals surface area contributed by atoms with Crippen LogP contribution in [0.5, 0.6) is 0 Å². The van der Waals surface area contributed by atoms with E-state index in [1.54, 1.807) is 24.3 Å². The molecule has 6 heteroatoms. The third kappa shape index (κ3) is 5.79. The first-order valence-electron chi connectivity index (χ1n) is 7.75. The largest absolute Gasteiger partial charge is 0.322 e. The van der Waals surface area contributed by atoms with E-state index in [1.165, 1.54) is 6.26 Å². The van der Waals surface area contributed by atoms with Crippen molar-refractivity contribution in [3.63, 3.8) is 0 Å². The van der Waals surface area contributed by atoms with Crippen molar-refractivity contribution in [2.45, 2.75) is 19.2 Å². The Morgan fingerprint density at radius 2 is 1.75 bits per heavy atom. The summed E-state index contributed by atoms with van der Waals surface area (Å²) in [7, 11) is -3.08. The summed E-state index contributed by atoms with van der Waals surface area (Å²) in [6, 6.07) is 14.3. The minimum Gasteiger partial charge on any atom is -0.322 e. The van der Waals surface area contributed by atoms with Crippen molar-refractivity contribution in [1.82, 2.24) is 5.32 Å². The van der Waals surface area contributed by atoms with Gasteiger partial charge in [0.2, 0.25) is 0 Å². The number of amides is 1. The molecule has 2 N–H and O–H groups in total. The highest BCUT2D eigenvalue weighted by Gasteiger charge is 2.08. The van der Waals surface area contributed by atoms with Crippen molar-refractivity contribution in [3.05, 3.63) is 65.2 Å². The first-order valence-corrected chi connectivity index (χ1v) is 9.81. The molecule has 0 saturated carbocycles. The molecule has 5 nitrogen and oxygen atoms in total. The average Bonchev–Trinajstić information content (AvgIpc) is 2.52. The normalized spacial score (nSPS) is 11.2. The maximum absolute atomic E-state index is 12.3. The molecule has 0 fully saturated rings. The quantitative estimate of drug-likeness (QED) is 0.808. The Bertz CT molecular complexity index is 799. The summed E-state index contributed by atoms with van der Waals surface area (Å²) in [4.78, 5) is 12.3. The highest BCUT2D eigenvalue weighted by Crippen LogP contribution is 2.13. The van der Waals surface area contributed by atoms with E-state index in [2.05, 4.69) is 10.6 Å². The van der Waals surface area contributed by atoms with Crippen molar-refractivity contribution >= 4 is 21.4 Å². The summed E-state index contributed by atoms with van der Waals surface area (Å²) in [5.74, 6) is -0.247. The molecule has 128 valence electrons. The van der Waals surface area contributed by atoms with Gasteiger partial charge in [-0.2, -0.15) is 0 Å². The molecule has 2 rings (SSSR count). The zero-order chi connectivity index (χ0) is 17.6. The Hall–Kier alpha value is -2.18. The van der Waals surface area contributed by atoms with Crippen LogP contribution in [0.2, 0.25) is 0 Å². The summed E-state index contributed by atoms with van der Waals surface area (Å²) < 4.78 is 22.6. The average molecular weight is 346 g/mol. The lowest BCUT2D eigenvalue weighted by Gasteiger charge is -2.08. The van der Waals surface area contributed by atoms with Crippen molar-refractivity contribution in [2.24, 2.45) is 0 Å². The Balaban J connectivity index is 2.04. The van der Waals surface area contributed by atoms with E-state index in [4.69, 9.17) is 0 Å². The van der Waals surface area contributed by atoms with Gasteiger partial charge in [0, 0.05) is 24.1 Å². The number of anilines is 1. The van der Waals surface area contributed by atoms with Crippen molar-refractivity contribution in [2.75, 3.05) is 18.1 Å². The molecular weight excluding hydrogens is 324 g/mol. The number of carbonyl (C=O) groups is 1. The van der Waals surface area contributed by atoms with Crippen LogP contribution in [0.1, 0.15) is 28.4 Å². The van der Waals surface area contributed by atoms with Crippen LogP contribution < -0.4 is 10.6 Å². The fourth-order valence-corrected chi connectivity index (χ4v) is 3.08. The van der Waals surface area contributed by atoms with Gasteiger partial charge in [-0.1, -0.05) is 31.2 Å². The minimum atomic E-state index is -3.08. The van der Waals surface area contributed by atoms with Gasteiger partial charge < -0.3 is 10.6 Å². The van der Waals surface area contributed by atoms with E-state index in [0.29, 0.717) is 11.1 Å². The predicted octanol–water partition coefficient (Wildman–Crippen LogP) is 2.59. The number of benzene rings is 2. The second-order valence-electron chi connectivity index (χ2n) is 5.70. The highest BCUT2D eigenvalue weighted by molar-refractivity contribution is 7.89. The zero-order valence-corrected chi connectivity index (χ0v) is 14.7. The van der Waals surface area contributed by atoms with Crippen LogP contribution in [0, 0.1) is 0 Å². The van der Waals surface area contributed by atoms with Gasteiger partial charge in [0.15, 0.2) is 9.84 Å². The summed E-state index contributed by atoms with van der Waals surface area (Å²) in [5, 5.41) is 6.10. The van der Waals surface area contributed by atoms with Gasteiger partial charge in [-0.15, -0.1) is 0 Å². The highest BCUT2D eigenvalue weighted by atomic mass is 32.2. The van der Waals surface area contributed by atoms with Crippen molar-refractivity contribution in [1.29, 1.82) is 0 Å². The molecule has 2 aromatic rings. The monoisotopic (exact) mass is 346 g/mol. The molecule has 0 saturated heterocycles. The Kier molecular flexibility index (Phi) is 6.11. The maximum Gasteiger partial charge on any atom is 0.255 e. The SMILES string of the molecule is CCNCc1cccc(NC(=O)c2ccc(CS(C)(=O)=O)cc2)c1. The van der Waals surface area contributed by atoms with E-state index in [1.807, 2.05) is 31.2 Å². The lowest BCUT2D eigenvalue weighted by Crippen LogP contribution is -2.14. The third-order valence-electron chi connectivity index (χ3n) is 3.41. The molecule has 0 aromatic heterocycles. The maximum atomic E-state index is 12.3. The first kappa shape index (κ1) is 18.2. The lowest BCUT2D eigenvalue weighted by atomic mass is 10.1. The van der Waals surface area contributed by atoms with Crippen LogP contribution in [-0.4, -0.2) is 27.1 Å². The fourth-order valence-electron chi connectivity index (χ4n) is 2.29. The minimum absolute atomic E-state index is 0.0264. The van der Waals surface area contributed by atoms with Gasteiger partial charge in [-0.25, -0.2) is 8.42 Å². The molecule has 0 heterocycles. The molecule has 2 aromatic carbocycles. The molecule has 0 aliphatic carbocycles. The second kappa shape index (κ2) is 8.08. The predicted molar refractivity (Wildman–Crippen MR) is 96.8 cm³/mol. The van der Waals surface area contributed by atoms with E-state index in [-0.39, 0.29) is 11.7 Å².